The van der Waals surface area contributed by atoms with E-state index in [9.17, 15) is 17.6 Å². The molecule has 1 amide bonds. The van der Waals surface area contributed by atoms with Crippen molar-refractivity contribution in [1.82, 2.24) is 4.31 Å². The van der Waals surface area contributed by atoms with Crippen LogP contribution in [0.3, 0.4) is 0 Å². The van der Waals surface area contributed by atoms with Gasteiger partial charge in [-0.05, 0) is 42.0 Å². The first-order valence-electron chi connectivity index (χ1n) is 8.74. The zero-order chi connectivity index (χ0) is 21.9. The van der Waals surface area contributed by atoms with Crippen molar-refractivity contribution in [1.29, 1.82) is 0 Å². The summed E-state index contributed by atoms with van der Waals surface area (Å²) in [5, 5.41) is 2.99. The van der Waals surface area contributed by atoms with Crippen LogP contribution in [0.15, 0.2) is 71.6 Å². The van der Waals surface area contributed by atoms with Gasteiger partial charge in [-0.15, -0.1) is 0 Å². The summed E-state index contributed by atoms with van der Waals surface area (Å²) in [7, 11) is -2.54. The molecule has 0 aromatic heterocycles. The summed E-state index contributed by atoms with van der Waals surface area (Å²) in [6.07, 6.45) is 0. The highest BCUT2D eigenvalue weighted by Crippen LogP contribution is 2.27. The van der Waals surface area contributed by atoms with Crippen molar-refractivity contribution in [3.05, 3.63) is 93.7 Å². The minimum atomic E-state index is -3.96. The minimum Gasteiger partial charge on any atom is -0.320 e. The molecule has 0 unspecified atom stereocenters. The number of halogens is 3. The molecule has 0 aliphatic carbocycles. The maximum atomic E-state index is 14.3. The molecule has 0 heterocycles. The van der Waals surface area contributed by atoms with E-state index in [1.165, 1.54) is 25.2 Å². The van der Waals surface area contributed by atoms with Gasteiger partial charge in [-0.25, -0.2) is 12.8 Å². The fourth-order valence-electron chi connectivity index (χ4n) is 2.73. The number of hydrogen-bond donors (Lipinski definition) is 1. The molecule has 0 spiro atoms. The maximum Gasteiger partial charge on any atom is 0.258 e. The second-order valence-electron chi connectivity index (χ2n) is 6.47. The van der Waals surface area contributed by atoms with Crippen LogP contribution in [-0.2, 0) is 16.6 Å². The molecule has 30 heavy (non-hydrogen) atoms. The van der Waals surface area contributed by atoms with Crippen LogP contribution in [0, 0.1) is 5.82 Å². The molecule has 0 radical (unpaired) electrons. The fraction of sp³-hybridized carbons (Fsp3) is 0.0952. The van der Waals surface area contributed by atoms with Crippen LogP contribution >= 0.6 is 23.2 Å². The Hall–Kier alpha value is -2.45. The first-order chi connectivity index (χ1) is 14.2. The predicted molar refractivity (Wildman–Crippen MR) is 116 cm³/mol. The highest BCUT2D eigenvalue weighted by Gasteiger charge is 2.24. The molecular formula is C21H17Cl2FN2O3S. The van der Waals surface area contributed by atoms with Crippen LogP contribution in [0.4, 0.5) is 10.1 Å². The van der Waals surface area contributed by atoms with E-state index in [1.807, 2.05) is 6.07 Å². The van der Waals surface area contributed by atoms with Gasteiger partial charge in [-0.1, -0.05) is 53.5 Å². The van der Waals surface area contributed by atoms with Gasteiger partial charge >= 0.3 is 0 Å². The topological polar surface area (TPSA) is 66.5 Å². The zero-order valence-electron chi connectivity index (χ0n) is 15.8. The summed E-state index contributed by atoms with van der Waals surface area (Å²) in [4.78, 5) is 12.4. The lowest BCUT2D eigenvalue weighted by Crippen LogP contribution is -2.27. The van der Waals surface area contributed by atoms with Crippen LogP contribution in [0.5, 0.6) is 0 Å². The Morgan fingerprint density at radius 2 is 1.73 bits per heavy atom. The molecule has 0 aliphatic rings. The smallest absolute Gasteiger partial charge is 0.258 e. The van der Waals surface area contributed by atoms with Crippen molar-refractivity contribution in [3.8, 4) is 0 Å². The lowest BCUT2D eigenvalue weighted by Gasteiger charge is -2.18. The molecule has 1 N–H and O–H groups in total. The third kappa shape index (κ3) is 4.99. The molecule has 9 heteroatoms. The van der Waals surface area contributed by atoms with Crippen molar-refractivity contribution < 1.29 is 17.6 Å². The van der Waals surface area contributed by atoms with E-state index < -0.39 is 27.3 Å². The third-order valence-corrected chi connectivity index (χ3v) is 6.68. The Balaban J connectivity index is 1.88. The third-order valence-electron chi connectivity index (χ3n) is 4.32. The number of anilines is 1. The first-order valence-corrected chi connectivity index (χ1v) is 10.9. The summed E-state index contributed by atoms with van der Waals surface area (Å²) in [6, 6.07) is 16.5. The molecular weight excluding hydrogens is 450 g/mol. The molecule has 5 nitrogen and oxygen atoms in total. The average molecular weight is 467 g/mol. The monoisotopic (exact) mass is 466 g/mol. The van der Waals surface area contributed by atoms with Crippen molar-refractivity contribution in [3.63, 3.8) is 0 Å². The molecule has 0 aliphatic heterocycles. The number of rotatable bonds is 6. The number of hydrogen-bond acceptors (Lipinski definition) is 3. The lowest BCUT2D eigenvalue weighted by atomic mass is 10.2. The van der Waals surface area contributed by atoms with E-state index in [0.717, 1.165) is 28.1 Å². The Labute approximate surface area is 184 Å². The molecule has 0 saturated carbocycles. The second kappa shape index (κ2) is 9.14. The van der Waals surface area contributed by atoms with Crippen molar-refractivity contribution in [2.45, 2.75) is 11.4 Å². The number of benzene rings is 3. The van der Waals surface area contributed by atoms with Gasteiger partial charge in [0.05, 0.1) is 21.2 Å². The summed E-state index contributed by atoms with van der Waals surface area (Å²) in [6.45, 7) is 0.125. The van der Waals surface area contributed by atoms with Crippen LogP contribution in [0.2, 0.25) is 10.0 Å². The molecule has 156 valence electrons. The summed E-state index contributed by atoms with van der Waals surface area (Å²) >= 11 is 11.9. The highest BCUT2D eigenvalue weighted by molar-refractivity contribution is 7.89. The Bertz CT molecular complexity index is 1190. The number of carbonyl (C=O) groups excluding carboxylic acids is 1. The predicted octanol–water partition coefficient (Wildman–Crippen LogP) is 5.21. The van der Waals surface area contributed by atoms with Gasteiger partial charge in [0.15, 0.2) is 0 Å². The van der Waals surface area contributed by atoms with Crippen LogP contribution < -0.4 is 5.32 Å². The Kier molecular flexibility index (Phi) is 6.77. The van der Waals surface area contributed by atoms with Crippen molar-refractivity contribution >= 4 is 44.8 Å². The van der Waals surface area contributed by atoms with E-state index in [4.69, 9.17) is 23.2 Å². The first kappa shape index (κ1) is 22.2. The number of amides is 1. The number of nitrogens with one attached hydrogen (secondary N) is 1. The van der Waals surface area contributed by atoms with E-state index in [2.05, 4.69) is 5.32 Å². The second-order valence-corrected chi connectivity index (χ2v) is 9.36. The maximum absolute atomic E-state index is 14.3. The molecule has 0 fully saturated rings. The van der Waals surface area contributed by atoms with Crippen molar-refractivity contribution in [2.75, 3.05) is 12.4 Å². The van der Waals surface area contributed by atoms with Gasteiger partial charge in [0, 0.05) is 18.6 Å². The quantitative estimate of drug-likeness (QED) is 0.542. The van der Waals surface area contributed by atoms with E-state index in [0.29, 0.717) is 5.02 Å². The van der Waals surface area contributed by atoms with Gasteiger partial charge in [-0.3, -0.25) is 4.79 Å². The summed E-state index contributed by atoms with van der Waals surface area (Å²) in [5.74, 6) is -1.71. The summed E-state index contributed by atoms with van der Waals surface area (Å²) < 4.78 is 41.3. The van der Waals surface area contributed by atoms with Crippen LogP contribution in [-0.4, -0.2) is 25.7 Å². The molecule has 3 aromatic carbocycles. The number of sulfonamides is 1. The van der Waals surface area contributed by atoms with Gasteiger partial charge < -0.3 is 5.32 Å². The average Bonchev–Trinajstić information content (AvgIpc) is 2.71. The molecule has 0 saturated heterocycles. The zero-order valence-corrected chi connectivity index (χ0v) is 18.1. The Morgan fingerprint density at radius 1 is 1.03 bits per heavy atom. The molecule has 0 atom stereocenters. The van der Waals surface area contributed by atoms with Gasteiger partial charge in [0.25, 0.3) is 5.91 Å². The van der Waals surface area contributed by atoms with Gasteiger partial charge in [-0.2, -0.15) is 4.31 Å². The minimum absolute atomic E-state index is 0.125. The highest BCUT2D eigenvalue weighted by atomic mass is 35.5. The fourth-order valence-corrected chi connectivity index (χ4v) is 4.25. The molecule has 0 bridgehead atoms. The van der Waals surface area contributed by atoms with E-state index in [-0.39, 0.29) is 22.2 Å². The Morgan fingerprint density at radius 3 is 2.43 bits per heavy atom. The van der Waals surface area contributed by atoms with Crippen molar-refractivity contribution in [2.24, 2.45) is 0 Å². The number of nitrogens with zero attached hydrogens (tertiary/aromatic N) is 1. The number of carbonyl (C=O) groups is 1. The largest absolute Gasteiger partial charge is 0.320 e. The lowest BCUT2D eigenvalue weighted by molar-refractivity contribution is 0.102. The standard InChI is InChI=1S/C21H17Cl2FN2O3S/c1-26(13-14-5-3-2-4-6-14)30(28,29)16-8-10-19(24)17(12-16)21(27)25-20-11-15(22)7-9-18(20)23/h2-12H,13H2,1H3,(H,25,27). The van der Waals surface area contributed by atoms with E-state index in [1.54, 1.807) is 24.3 Å². The SMILES string of the molecule is CN(Cc1ccccc1)S(=O)(=O)c1ccc(F)c(C(=O)Nc2cc(Cl)ccc2Cl)c1. The molecule has 3 rings (SSSR count). The van der Waals surface area contributed by atoms with Crippen LogP contribution in [0.1, 0.15) is 15.9 Å². The van der Waals surface area contributed by atoms with Gasteiger partial charge in [0.1, 0.15) is 5.82 Å². The van der Waals surface area contributed by atoms with E-state index >= 15 is 0 Å². The van der Waals surface area contributed by atoms with Crippen LogP contribution in [0.25, 0.3) is 0 Å². The molecule has 3 aromatic rings. The van der Waals surface area contributed by atoms with Gasteiger partial charge in [0.2, 0.25) is 10.0 Å². The normalized spacial score (nSPS) is 11.5. The summed E-state index contributed by atoms with van der Waals surface area (Å²) in [5.41, 5.74) is 0.544.